The van der Waals surface area contributed by atoms with Crippen LogP contribution in [0.15, 0.2) is 48.5 Å². The smallest absolute Gasteiger partial charge is 0.228 e. The standard InChI is InChI=1S/C16H15NO2/c18-16(10-12-4-2-1-3-5-12)17-14-6-7-15-13(11-14)8-9-19-15/h1-7,11H,8-10H2,(H,17,18). The van der Waals surface area contributed by atoms with Gasteiger partial charge in [-0.15, -0.1) is 0 Å². The Balaban J connectivity index is 1.66. The van der Waals surface area contributed by atoms with Gasteiger partial charge in [0, 0.05) is 12.1 Å². The van der Waals surface area contributed by atoms with Crippen LogP contribution < -0.4 is 10.1 Å². The Labute approximate surface area is 112 Å². The predicted octanol–water partition coefficient (Wildman–Crippen LogP) is 2.80. The highest BCUT2D eigenvalue weighted by Crippen LogP contribution is 2.27. The fourth-order valence-electron chi connectivity index (χ4n) is 2.25. The van der Waals surface area contributed by atoms with Crippen LogP contribution in [0.4, 0.5) is 5.69 Å². The summed E-state index contributed by atoms with van der Waals surface area (Å²) in [5, 5.41) is 2.93. The SMILES string of the molecule is O=C(Cc1ccccc1)Nc1ccc2c(c1)CCO2. The van der Waals surface area contributed by atoms with E-state index in [1.54, 1.807) is 0 Å². The molecule has 0 saturated heterocycles. The van der Waals surface area contributed by atoms with Gasteiger partial charge in [0.25, 0.3) is 0 Å². The number of rotatable bonds is 3. The van der Waals surface area contributed by atoms with E-state index in [4.69, 9.17) is 4.74 Å². The molecule has 19 heavy (non-hydrogen) atoms. The summed E-state index contributed by atoms with van der Waals surface area (Å²) < 4.78 is 5.44. The van der Waals surface area contributed by atoms with Gasteiger partial charge in [0.05, 0.1) is 13.0 Å². The van der Waals surface area contributed by atoms with Gasteiger partial charge in [-0.3, -0.25) is 4.79 Å². The Morgan fingerprint density at radius 2 is 2.00 bits per heavy atom. The molecule has 0 saturated carbocycles. The van der Waals surface area contributed by atoms with Gasteiger partial charge in [-0.2, -0.15) is 0 Å². The van der Waals surface area contributed by atoms with E-state index in [9.17, 15) is 4.79 Å². The first-order valence-corrected chi connectivity index (χ1v) is 6.41. The van der Waals surface area contributed by atoms with Gasteiger partial charge in [0.1, 0.15) is 5.75 Å². The number of anilines is 1. The molecule has 2 aromatic rings. The number of fused-ring (bicyclic) bond motifs is 1. The number of hydrogen-bond acceptors (Lipinski definition) is 2. The lowest BCUT2D eigenvalue weighted by atomic mass is 10.1. The lowest BCUT2D eigenvalue weighted by Gasteiger charge is -2.07. The summed E-state index contributed by atoms with van der Waals surface area (Å²) in [6.07, 6.45) is 1.31. The molecule has 0 aromatic heterocycles. The topological polar surface area (TPSA) is 38.3 Å². The number of nitrogens with one attached hydrogen (secondary N) is 1. The van der Waals surface area contributed by atoms with Crippen molar-refractivity contribution in [1.82, 2.24) is 0 Å². The van der Waals surface area contributed by atoms with Crippen molar-refractivity contribution in [2.24, 2.45) is 0 Å². The maximum Gasteiger partial charge on any atom is 0.228 e. The summed E-state index contributed by atoms with van der Waals surface area (Å²) in [6.45, 7) is 0.733. The zero-order valence-electron chi connectivity index (χ0n) is 10.6. The molecule has 3 nitrogen and oxygen atoms in total. The Bertz CT molecular complexity index is 593. The van der Waals surface area contributed by atoms with Crippen LogP contribution >= 0.6 is 0 Å². The highest BCUT2D eigenvalue weighted by Gasteiger charge is 2.12. The van der Waals surface area contributed by atoms with Crippen molar-refractivity contribution >= 4 is 11.6 Å². The first-order valence-electron chi connectivity index (χ1n) is 6.41. The summed E-state index contributed by atoms with van der Waals surface area (Å²) in [5.74, 6) is 0.936. The van der Waals surface area contributed by atoms with Crippen molar-refractivity contribution in [3.8, 4) is 5.75 Å². The van der Waals surface area contributed by atoms with Gasteiger partial charge in [0.15, 0.2) is 0 Å². The number of carbonyl (C=O) groups is 1. The number of carbonyl (C=O) groups excluding carboxylic acids is 1. The van der Waals surface area contributed by atoms with Crippen molar-refractivity contribution in [3.63, 3.8) is 0 Å². The van der Waals surface area contributed by atoms with Crippen molar-refractivity contribution in [2.75, 3.05) is 11.9 Å². The van der Waals surface area contributed by atoms with Crippen LogP contribution in [0.3, 0.4) is 0 Å². The maximum absolute atomic E-state index is 11.9. The quantitative estimate of drug-likeness (QED) is 0.913. The largest absolute Gasteiger partial charge is 0.493 e. The lowest BCUT2D eigenvalue weighted by molar-refractivity contribution is -0.115. The van der Waals surface area contributed by atoms with E-state index in [0.29, 0.717) is 6.42 Å². The number of benzene rings is 2. The third-order valence-corrected chi connectivity index (χ3v) is 3.18. The fraction of sp³-hybridized carbons (Fsp3) is 0.188. The Morgan fingerprint density at radius 3 is 2.84 bits per heavy atom. The van der Waals surface area contributed by atoms with Gasteiger partial charge < -0.3 is 10.1 Å². The molecule has 1 amide bonds. The second-order valence-electron chi connectivity index (χ2n) is 4.63. The van der Waals surface area contributed by atoms with E-state index in [1.807, 2.05) is 48.5 Å². The van der Waals surface area contributed by atoms with Crippen molar-refractivity contribution < 1.29 is 9.53 Å². The molecule has 0 aliphatic carbocycles. The summed E-state index contributed by atoms with van der Waals surface area (Å²) in [4.78, 5) is 11.9. The van der Waals surface area contributed by atoms with Crippen LogP contribution in [0.25, 0.3) is 0 Å². The molecule has 96 valence electrons. The third-order valence-electron chi connectivity index (χ3n) is 3.18. The monoisotopic (exact) mass is 253 g/mol. The lowest BCUT2D eigenvalue weighted by Crippen LogP contribution is -2.14. The Hall–Kier alpha value is -2.29. The molecule has 3 heteroatoms. The first kappa shape index (κ1) is 11.8. The van der Waals surface area contributed by atoms with Crippen molar-refractivity contribution in [2.45, 2.75) is 12.8 Å². The van der Waals surface area contributed by atoms with Gasteiger partial charge in [-0.25, -0.2) is 0 Å². The molecule has 1 aliphatic heterocycles. The molecule has 2 aromatic carbocycles. The van der Waals surface area contributed by atoms with E-state index in [-0.39, 0.29) is 5.91 Å². The predicted molar refractivity (Wildman–Crippen MR) is 74.4 cm³/mol. The normalized spacial score (nSPS) is 12.6. The fourth-order valence-corrected chi connectivity index (χ4v) is 2.25. The second kappa shape index (κ2) is 5.14. The molecule has 0 spiro atoms. The van der Waals surface area contributed by atoms with Crippen LogP contribution in [-0.4, -0.2) is 12.5 Å². The van der Waals surface area contributed by atoms with Gasteiger partial charge in [0.2, 0.25) is 5.91 Å². The van der Waals surface area contributed by atoms with Gasteiger partial charge in [-0.1, -0.05) is 30.3 Å². The zero-order valence-corrected chi connectivity index (χ0v) is 10.6. The zero-order chi connectivity index (χ0) is 13.1. The van der Waals surface area contributed by atoms with E-state index in [0.717, 1.165) is 35.6 Å². The summed E-state index contributed by atoms with van der Waals surface area (Å²) in [7, 11) is 0. The molecular formula is C16H15NO2. The van der Waals surface area contributed by atoms with Crippen LogP contribution in [0.1, 0.15) is 11.1 Å². The van der Waals surface area contributed by atoms with Gasteiger partial charge in [-0.05, 0) is 29.3 Å². The summed E-state index contributed by atoms with van der Waals surface area (Å²) in [6, 6.07) is 15.5. The molecule has 0 radical (unpaired) electrons. The molecule has 1 N–H and O–H groups in total. The molecule has 0 atom stereocenters. The molecule has 1 heterocycles. The minimum atomic E-state index is 0.00469. The van der Waals surface area contributed by atoms with E-state index in [1.165, 1.54) is 0 Å². The molecular weight excluding hydrogens is 238 g/mol. The highest BCUT2D eigenvalue weighted by molar-refractivity contribution is 5.92. The Morgan fingerprint density at radius 1 is 1.16 bits per heavy atom. The highest BCUT2D eigenvalue weighted by atomic mass is 16.5. The van der Waals surface area contributed by atoms with Crippen molar-refractivity contribution in [3.05, 3.63) is 59.7 Å². The van der Waals surface area contributed by atoms with E-state index >= 15 is 0 Å². The second-order valence-corrected chi connectivity index (χ2v) is 4.63. The molecule has 3 rings (SSSR count). The van der Waals surface area contributed by atoms with Crippen molar-refractivity contribution in [1.29, 1.82) is 0 Å². The third kappa shape index (κ3) is 2.76. The van der Waals surface area contributed by atoms with E-state index < -0.39 is 0 Å². The van der Waals surface area contributed by atoms with E-state index in [2.05, 4.69) is 5.32 Å². The average molecular weight is 253 g/mol. The molecule has 1 aliphatic rings. The number of hydrogen-bond donors (Lipinski definition) is 1. The maximum atomic E-state index is 11.9. The molecule has 0 bridgehead atoms. The summed E-state index contributed by atoms with van der Waals surface area (Å²) in [5.41, 5.74) is 3.02. The number of amides is 1. The minimum Gasteiger partial charge on any atom is -0.493 e. The van der Waals surface area contributed by atoms with Crippen LogP contribution in [0.5, 0.6) is 5.75 Å². The molecule has 0 fully saturated rings. The van der Waals surface area contributed by atoms with Crippen LogP contribution in [0.2, 0.25) is 0 Å². The average Bonchev–Trinajstić information content (AvgIpc) is 2.87. The minimum absolute atomic E-state index is 0.00469. The summed E-state index contributed by atoms with van der Waals surface area (Å²) >= 11 is 0. The van der Waals surface area contributed by atoms with Gasteiger partial charge >= 0.3 is 0 Å². The molecule has 0 unspecified atom stereocenters. The number of ether oxygens (including phenoxy) is 1. The van der Waals surface area contributed by atoms with Crippen LogP contribution in [0, 0.1) is 0 Å². The Kier molecular flexibility index (Phi) is 3.19. The first-order chi connectivity index (χ1) is 9.31. The van der Waals surface area contributed by atoms with Crippen LogP contribution in [-0.2, 0) is 17.6 Å².